The van der Waals surface area contributed by atoms with Gasteiger partial charge in [-0.05, 0) is 61.7 Å². The van der Waals surface area contributed by atoms with E-state index in [1.54, 1.807) is 37.5 Å². The van der Waals surface area contributed by atoms with E-state index in [1.165, 1.54) is 0 Å². The van der Waals surface area contributed by atoms with Gasteiger partial charge in [0.25, 0.3) is 0 Å². The van der Waals surface area contributed by atoms with Crippen molar-refractivity contribution in [3.05, 3.63) is 98.4 Å². The van der Waals surface area contributed by atoms with Gasteiger partial charge in [0.2, 0.25) is 5.91 Å². The molecule has 1 atom stereocenters. The average molecular weight is 665 g/mol. The summed E-state index contributed by atoms with van der Waals surface area (Å²) in [5.41, 5.74) is 2.66. The highest BCUT2D eigenvalue weighted by molar-refractivity contribution is 6.35. The van der Waals surface area contributed by atoms with E-state index in [0.717, 1.165) is 16.6 Å². The van der Waals surface area contributed by atoms with Gasteiger partial charge in [0.15, 0.2) is 0 Å². The van der Waals surface area contributed by atoms with Crippen LogP contribution in [0.4, 0.5) is 10.5 Å². The van der Waals surface area contributed by atoms with Crippen LogP contribution < -0.4 is 10.6 Å². The van der Waals surface area contributed by atoms with Crippen molar-refractivity contribution in [2.75, 3.05) is 31.1 Å². The van der Waals surface area contributed by atoms with Gasteiger partial charge in [-0.2, -0.15) is 0 Å². The molecule has 46 heavy (non-hydrogen) atoms. The molecule has 2 saturated heterocycles. The summed E-state index contributed by atoms with van der Waals surface area (Å²) in [4.78, 5) is 60.8. The fraction of sp³-hybridized carbons (Fsp3) is 0.353. The quantitative estimate of drug-likeness (QED) is 0.236. The molecule has 4 aromatic rings. The zero-order valence-corrected chi connectivity index (χ0v) is 26.9. The van der Waals surface area contributed by atoms with Crippen LogP contribution in [0.2, 0.25) is 10.0 Å². The van der Waals surface area contributed by atoms with Gasteiger partial charge in [0, 0.05) is 66.3 Å². The summed E-state index contributed by atoms with van der Waals surface area (Å²) in [6, 6.07) is 19.7. The van der Waals surface area contributed by atoms with Crippen LogP contribution in [0.25, 0.3) is 11.0 Å². The van der Waals surface area contributed by atoms with Crippen LogP contribution >= 0.6 is 23.2 Å². The van der Waals surface area contributed by atoms with Crippen molar-refractivity contribution < 1.29 is 19.5 Å². The number of halogens is 2. The van der Waals surface area contributed by atoms with Crippen molar-refractivity contribution in [2.45, 2.75) is 45.2 Å². The predicted molar refractivity (Wildman–Crippen MR) is 178 cm³/mol. The van der Waals surface area contributed by atoms with E-state index in [1.807, 2.05) is 55.5 Å². The predicted octanol–water partition coefficient (Wildman–Crippen LogP) is 6.10. The Labute approximate surface area is 276 Å². The number of aromatic amines is 1. The number of urea groups is 1. The lowest BCUT2D eigenvalue weighted by molar-refractivity contribution is -0.142. The third-order valence-corrected chi connectivity index (χ3v) is 9.69. The van der Waals surface area contributed by atoms with Crippen LogP contribution in [0, 0.1) is 12.3 Å². The maximum absolute atomic E-state index is 14.0. The molecule has 240 valence electrons. The topological polar surface area (TPSA) is 119 Å². The fourth-order valence-electron chi connectivity index (χ4n) is 6.85. The minimum Gasteiger partial charge on any atom is -0.481 e. The number of carbonyl (C=O) groups is 3. The Morgan fingerprint density at radius 2 is 1.67 bits per heavy atom. The second kappa shape index (κ2) is 12.8. The third-order valence-electron chi connectivity index (χ3n) is 9.10. The first-order valence-electron chi connectivity index (χ1n) is 15.3. The van der Waals surface area contributed by atoms with Crippen LogP contribution in [-0.4, -0.2) is 68.5 Å². The highest BCUT2D eigenvalue weighted by Crippen LogP contribution is 2.39. The lowest BCUT2D eigenvalue weighted by Crippen LogP contribution is -2.60. The van der Waals surface area contributed by atoms with Gasteiger partial charge in [-0.1, -0.05) is 59.1 Å². The number of para-hydroxylation sites is 2. The van der Waals surface area contributed by atoms with Gasteiger partial charge in [-0.3, -0.25) is 19.1 Å². The third kappa shape index (κ3) is 6.50. The SMILES string of the molecule is Cc1ccc(N2CC(CC(=O)O)(CC(=O)N3CCC(n4c(=O)[nH]c5ccccc54)CC3)CN(Cc3ccc(Cl)cc3Cl)C2=O)cc1. The van der Waals surface area contributed by atoms with E-state index in [9.17, 15) is 24.3 Å². The molecule has 1 unspecified atom stereocenters. The minimum absolute atomic E-state index is 0.0580. The number of carboxylic acid groups (broad SMARTS) is 1. The van der Waals surface area contributed by atoms with Crippen molar-refractivity contribution in [3.8, 4) is 0 Å². The summed E-state index contributed by atoms with van der Waals surface area (Å²) in [6.45, 7) is 3.07. The summed E-state index contributed by atoms with van der Waals surface area (Å²) in [5.74, 6) is -1.22. The number of nitrogens with zero attached hydrogens (tertiary/aromatic N) is 4. The van der Waals surface area contributed by atoms with E-state index in [2.05, 4.69) is 4.98 Å². The van der Waals surface area contributed by atoms with Crippen LogP contribution in [0.15, 0.2) is 71.5 Å². The molecule has 0 spiro atoms. The number of aromatic nitrogens is 2. The summed E-state index contributed by atoms with van der Waals surface area (Å²) < 4.78 is 1.77. The molecule has 10 nitrogen and oxygen atoms in total. The number of aryl methyl sites for hydroxylation is 1. The number of hydrogen-bond donors (Lipinski definition) is 2. The molecule has 12 heteroatoms. The number of fused-ring (bicyclic) bond motifs is 1. The smallest absolute Gasteiger partial charge is 0.326 e. The molecule has 6 rings (SSSR count). The number of likely N-dealkylation sites (tertiary alicyclic amines) is 1. The molecule has 0 bridgehead atoms. The molecule has 0 aliphatic carbocycles. The highest BCUT2D eigenvalue weighted by Gasteiger charge is 2.47. The first-order chi connectivity index (χ1) is 22.0. The van der Waals surface area contributed by atoms with Gasteiger partial charge in [0.05, 0.1) is 17.5 Å². The largest absolute Gasteiger partial charge is 0.481 e. The molecule has 3 amide bonds. The van der Waals surface area contributed by atoms with Crippen molar-refractivity contribution >= 4 is 57.8 Å². The van der Waals surface area contributed by atoms with Crippen LogP contribution in [0.5, 0.6) is 0 Å². The van der Waals surface area contributed by atoms with Crippen molar-refractivity contribution in [1.29, 1.82) is 0 Å². The van der Waals surface area contributed by atoms with Crippen molar-refractivity contribution in [3.63, 3.8) is 0 Å². The molecule has 2 aliphatic rings. The maximum Gasteiger partial charge on any atom is 0.326 e. The van der Waals surface area contributed by atoms with Gasteiger partial charge >= 0.3 is 17.7 Å². The molecular formula is C34H35Cl2N5O5. The van der Waals surface area contributed by atoms with E-state index < -0.39 is 11.4 Å². The summed E-state index contributed by atoms with van der Waals surface area (Å²) >= 11 is 12.6. The van der Waals surface area contributed by atoms with E-state index in [-0.39, 0.29) is 56.1 Å². The van der Waals surface area contributed by atoms with Crippen LogP contribution in [-0.2, 0) is 16.1 Å². The number of benzene rings is 3. The van der Waals surface area contributed by atoms with Gasteiger partial charge in [-0.25, -0.2) is 9.59 Å². The zero-order chi connectivity index (χ0) is 32.6. The Kier molecular flexibility index (Phi) is 8.85. The molecule has 3 heterocycles. The fourth-order valence-corrected chi connectivity index (χ4v) is 7.32. The Balaban J connectivity index is 1.26. The van der Waals surface area contributed by atoms with Crippen LogP contribution in [0.1, 0.15) is 42.9 Å². The van der Waals surface area contributed by atoms with E-state index in [4.69, 9.17) is 23.2 Å². The first kappa shape index (κ1) is 31.7. The van der Waals surface area contributed by atoms with Gasteiger partial charge < -0.3 is 19.9 Å². The standard InChI is InChI=1S/C34H35Cl2N5O5/c1-22-6-10-25(11-7-22)40-21-34(18-31(43)44,20-39(33(40)46)19-23-8-9-24(35)16-27(23)36)17-30(42)38-14-12-26(13-15-38)41-29-5-3-2-4-28(29)37-32(41)45/h2-11,16,26H,12-15,17-21H2,1H3,(H,37,45)(H,43,44). The van der Waals surface area contributed by atoms with Crippen molar-refractivity contribution in [2.24, 2.45) is 5.41 Å². The number of anilines is 1. The van der Waals surface area contributed by atoms with Gasteiger partial charge in [0.1, 0.15) is 0 Å². The molecule has 0 saturated carbocycles. The molecule has 2 fully saturated rings. The molecule has 2 aliphatic heterocycles. The number of carbonyl (C=O) groups excluding carboxylic acids is 2. The Morgan fingerprint density at radius 1 is 0.957 bits per heavy atom. The molecule has 2 N–H and O–H groups in total. The zero-order valence-electron chi connectivity index (χ0n) is 25.4. The number of hydrogen-bond acceptors (Lipinski definition) is 4. The second-order valence-corrected chi connectivity index (χ2v) is 13.3. The van der Waals surface area contributed by atoms with Crippen LogP contribution in [0.3, 0.4) is 0 Å². The second-order valence-electron chi connectivity index (χ2n) is 12.5. The highest BCUT2D eigenvalue weighted by atomic mass is 35.5. The number of H-pyrrole nitrogens is 1. The number of amides is 3. The van der Waals surface area contributed by atoms with E-state index >= 15 is 0 Å². The van der Waals surface area contributed by atoms with Crippen molar-refractivity contribution in [1.82, 2.24) is 19.4 Å². The average Bonchev–Trinajstić information content (AvgIpc) is 3.36. The molecule has 3 aromatic carbocycles. The summed E-state index contributed by atoms with van der Waals surface area (Å²) in [6.07, 6.45) is 0.821. The normalized spacial score (nSPS) is 19.2. The molecular weight excluding hydrogens is 629 g/mol. The number of imidazole rings is 1. The Hall–Kier alpha value is -4.28. The number of carboxylic acids is 1. The number of aliphatic carboxylic acids is 1. The number of rotatable bonds is 8. The minimum atomic E-state index is -1.08. The first-order valence-corrected chi connectivity index (χ1v) is 16.0. The molecule has 1 aromatic heterocycles. The number of nitrogens with one attached hydrogen (secondary N) is 1. The summed E-state index contributed by atoms with van der Waals surface area (Å²) in [5, 5.41) is 11.0. The maximum atomic E-state index is 14.0. The van der Waals surface area contributed by atoms with E-state index in [0.29, 0.717) is 47.2 Å². The molecule has 0 radical (unpaired) electrons. The Bertz CT molecular complexity index is 1850. The summed E-state index contributed by atoms with van der Waals surface area (Å²) in [7, 11) is 0. The number of piperidine rings is 1. The lowest BCUT2D eigenvalue weighted by Gasteiger charge is -2.47. The monoisotopic (exact) mass is 663 g/mol. The lowest BCUT2D eigenvalue weighted by atomic mass is 9.77. The Morgan fingerprint density at radius 3 is 2.37 bits per heavy atom. The van der Waals surface area contributed by atoms with Gasteiger partial charge in [-0.15, -0.1) is 0 Å².